The molecule has 0 spiro atoms. The van der Waals surface area contributed by atoms with E-state index < -0.39 is 11.9 Å². The van der Waals surface area contributed by atoms with E-state index in [0.717, 1.165) is 31.0 Å². The molecular weight excluding hydrogens is 437 g/mol. The number of nitrogens with zero attached hydrogens (tertiary/aromatic N) is 4. The van der Waals surface area contributed by atoms with E-state index in [1.165, 1.54) is 37.6 Å². The number of anilines is 4. The SMILES string of the molecule is O=C(O)N(c1ccccc1)c1ccnc(Nc2ccc(OCCCN3CCCCC3)c(F)c2)n1. The van der Waals surface area contributed by atoms with Gasteiger partial charge in [0, 0.05) is 30.6 Å². The highest BCUT2D eigenvalue weighted by Gasteiger charge is 2.19. The van der Waals surface area contributed by atoms with Crippen LogP contribution in [0.1, 0.15) is 25.7 Å². The molecule has 8 nitrogen and oxygen atoms in total. The third-order valence-electron chi connectivity index (χ3n) is 5.59. The second-order valence-electron chi connectivity index (χ2n) is 8.07. The molecule has 1 fully saturated rings. The van der Waals surface area contributed by atoms with Crippen LogP contribution in [0.3, 0.4) is 0 Å². The van der Waals surface area contributed by atoms with Crippen molar-refractivity contribution in [2.24, 2.45) is 0 Å². The van der Waals surface area contributed by atoms with Crippen LogP contribution in [0, 0.1) is 5.82 Å². The molecular formula is C25H28FN5O3. The third kappa shape index (κ3) is 6.20. The zero-order chi connectivity index (χ0) is 23.8. The third-order valence-corrected chi connectivity index (χ3v) is 5.59. The first kappa shape index (κ1) is 23.4. The Morgan fingerprint density at radius 1 is 1.12 bits per heavy atom. The number of halogens is 1. The van der Waals surface area contributed by atoms with Crippen LogP contribution >= 0.6 is 0 Å². The van der Waals surface area contributed by atoms with E-state index in [4.69, 9.17) is 4.74 Å². The lowest BCUT2D eigenvalue weighted by Crippen LogP contribution is -2.31. The number of amides is 1. The molecule has 2 aromatic carbocycles. The van der Waals surface area contributed by atoms with Crippen molar-refractivity contribution in [3.05, 3.63) is 66.6 Å². The standard InChI is InChI=1S/C25H28FN5O3/c26-21-18-19(10-11-22(21)34-17-7-16-30-14-5-2-6-15-30)28-24-27-13-12-23(29-24)31(25(32)33)20-8-3-1-4-9-20/h1,3-4,8-13,18H,2,5-7,14-17H2,(H,32,33)(H,27,28,29). The molecule has 1 aliphatic heterocycles. The monoisotopic (exact) mass is 465 g/mol. The smallest absolute Gasteiger partial charge is 0.417 e. The van der Waals surface area contributed by atoms with Crippen molar-refractivity contribution in [3.63, 3.8) is 0 Å². The van der Waals surface area contributed by atoms with Gasteiger partial charge >= 0.3 is 6.09 Å². The van der Waals surface area contributed by atoms with Crippen molar-refractivity contribution >= 4 is 29.2 Å². The maximum absolute atomic E-state index is 14.6. The van der Waals surface area contributed by atoms with E-state index in [0.29, 0.717) is 18.0 Å². The maximum atomic E-state index is 14.6. The van der Waals surface area contributed by atoms with Gasteiger partial charge < -0.3 is 20.1 Å². The van der Waals surface area contributed by atoms with E-state index in [1.54, 1.807) is 42.5 Å². The Bertz CT molecular complexity index is 1090. The Labute approximate surface area is 198 Å². The van der Waals surface area contributed by atoms with Gasteiger partial charge in [-0.3, -0.25) is 0 Å². The van der Waals surface area contributed by atoms with E-state index >= 15 is 0 Å². The van der Waals surface area contributed by atoms with Crippen molar-refractivity contribution in [2.75, 3.05) is 36.5 Å². The van der Waals surface area contributed by atoms with Gasteiger partial charge in [0.2, 0.25) is 5.95 Å². The van der Waals surface area contributed by atoms with E-state index in [1.807, 2.05) is 0 Å². The second-order valence-corrected chi connectivity index (χ2v) is 8.07. The largest absolute Gasteiger partial charge is 0.490 e. The summed E-state index contributed by atoms with van der Waals surface area (Å²) < 4.78 is 20.2. The Kier molecular flexibility index (Phi) is 7.87. The number of likely N-dealkylation sites (tertiary alicyclic amines) is 1. The number of hydrogen-bond donors (Lipinski definition) is 2. The fourth-order valence-electron chi connectivity index (χ4n) is 3.93. The number of rotatable bonds is 9. The number of nitrogens with one attached hydrogen (secondary N) is 1. The quantitative estimate of drug-likeness (QED) is 0.407. The van der Waals surface area contributed by atoms with Gasteiger partial charge in [0.05, 0.1) is 12.3 Å². The van der Waals surface area contributed by atoms with Crippen LogP contribution < -0.4 is 15.0 Å². The number of para-hydroxylation sites is 1. The fourth-order valence-corrected chi connectivity index (χ4v) is 3.93. The topological polar surface area (TPSA) is 90.8 Å². The lowest BCUT2D eigenvalue weighted by molar-refractivity contribution is 0.203. The molecule has 1 saturated heterocycles. The summed E-state index contributed by atoms with van der Waals surface area (Å²) in [7, 11) is 0. The predicted octanol–water partition coefficient (Wildman–Crippen LogP) is 5.43. The zero-order valence-corrected chi connectivity index (χ0v) is 18.9. The van der Waals surface area contributed by atoms with Crippen LogP contribution in [0.2, 0.25) is 0 Å². The van der Waals surface area contributed by atoms with Crippen LogP contribution in [-0.4, -0.2) is 52.3 Å². The highest BCUT2D eigenvalue weighted by atomic mass is 19.1. The van der Waals surface area contributed by atoms with Gasteiger partial charge in [-0.15, -0.1) is 0 Å². The number of carboxylic acid groups (broad SMARTS) is 1. The molecule has 4 rings (SSSR count). The first-order valence-electron chi connectivity index (χ1n) is 11.4. The van der Waals surface area contributed by atoms with Crippen LogP contribution in [0.4, 0.5) is 32.3 Å². The molecule has 3 aromatic rings. The van der Waals surface area contributed by atoms with E-state index in [2.05, 4.69) is 20.2 Å². The number of ether oxygens (including phenoxy) is 1. The number of carbonyl (C=O) groups is 1. The molecule has 1 aliphatic rings. The van der Waals surface area contributed by atoms with Gasteiger partial charge in [0.1, 0.15) is 5.82 Å². The molecule has 2 N–H and O–H groups in total. The summed E-state index contributed by atoms with van der Waals surface area (Å²) in [5.41, 5.74) is 0.879. The Balaban J connectivity index is 1.37. The maximum Gasteiger partial charge on any atom is 0.417 e. The Hall–Kier alpha value is -3.72. The minimum atomic E-state index is -1.18. The summed E-state index contributed by atoms with van der Waals surface area (Å²) in [5.74, 6) is 0.0233. The molecule has 0 saturated carbocycles. The molecule has 9 heteroatoms. The van der Waals surface area contributed by atoms with Crippen molar-refractivity contribution in [3.8, 4) is 5.75 Å². The molecule has 2 heterocycles. The average Bonchev–Trinajstić information content (AvgIpc) is 2.84. The van der Waals surface area contributed by atoms with Gasteiger partial charge in [0.25, 0.3) is 0 Å². The average molecular weight is 466 g/mol. The minimum Gasteiger partial charge on any atom is -0.490 e. The molecule has 0 bridgehead atoms. The highest BCUT2D eigenvalue weighted by molar-refractivity contribution is 5.93. The molecule has 0 aliphatic carbocycles. The summed E-state index contributed by atoms with van der Waals surface area (Å²) in [4.78, 5) is 23.7. The lowest BCUT2D eigenvalue weighted by Gasteiger charge is -2.26. The van der Waals surface area contributed by atoms with Crippen molar-refractivity contribution in [1.82, 2.24) is 14.9 Å². The van der Waals surface area contributed by atoms with Crippen LogP contribution in [0.25, 0.3) is 0 Å². The summed E-state index contributed by atoms with van der Waals surface area (Å²) in [6.45, 7) is 3.68. The molecule has 34 heavy (non-hydrogen) atoms. The van der Waals surface area contributed by atoms with Crippen molar-refractivity contribution < 1.29 is 19.0 Å². The van der Waals surface area contributed by atoms with Gasteiger partial charge in [-0.1, -0.05) is 24.6 Å². The lowest BCUT2D eigenvalue weighted by atomic mass is 10.1. The zero-order valence-electron chi connectivity index (χ0n) is 18.9. The summed E-state index contributed by atoms with van der Waals surface area (Å²) in [6, 6.07) is 14.7. The predicted molar refractivity (Wildman–Crippen MR) is 129 cm³/mol. The normalized spacial score (nSPS) is 13.9. The summed E-state index contributed by atoms with van der Waals surface area (Å²) in [5, 5.41) is 12.6. The van der Waals surface area contributed by atoms with Gasteiger partial charge in [-0.05, 0) is 56.6 Å². The number of aromatic nitrogens is 2. The fraction of sp³-hybridized carbons (Fsp3) is 0.320. The van der Waals surface area contributed by atoms with E-state index in [-0.39, 0.29) is 17.5 Å². The highest BCUT2D eigenvalue weighted by Crippen LogP contribution is 2.26. The molecule has 1 amide bonds. The molecule has 178 valence electrons. The van der Waals surface area contributed by atoms with E-state index in [9.17, 15) is 14.3 Å². The van der Waals surface area contributed by atoms with Crippen molar-refractivity contribution in [1.29, 1.82) is 0 Å². The first-order valence-corrected chi connectivity index (χ1v) is 11.4. The second kappa shape index (κ2) is 11.4. The molecule has 0 unspecified atom stereocenters. The first-order chi connectivity index (χ1) is 16.6. The van der Waals surface area contributed by atoms with Gasteiger partial charge in [0.15, 0.2) is 11.6 Å². The van der Waals surface area contributed by atoms with Crippen LogP contribution in [0.5, 0.6) is 5.75 Å². The Morgan fingerprint density at radius 3 is 2.65 bits per heavy atom. The molecule has 1 aromatic heterocycles. The summed E-state index contributed by atoms with van der Waals surface area (Å²) >= 11 is 0. The number of piperidine rings is 1. The number of benzene rings is 2. The Morgan fingerprint density at radius 2 is 1.91 bits per heavy atom. The van der Waals surface area contributed by atoms with Gasteiger partial charge in [-0.25, -0.2) is 19.1 Å². The summed E-state index contributed by atoms with van der Waals surface area (Å²) in [6.07, 6.45) is 4.91. The van der Waals surface area contributed by atoms with Crippen LogP contribution in [0.15, 0.2) is 60.8 Å². The van der Waals surface area contributed by atoms with Gasteiger partial charge in [-0.2, -0.15) is 4.98 Å². The minimum absolute atomic E-state index is 0.147. The molecule has 0 atom stereocenters. The molecule has 0 radical (unpaired) electrons. The van der Waals surface area contributed by atoms with Crippen molar-refractivity contribution in [2.45, 2.75) is 25.7 Å². The van der Waals surface area contributed by atoms with Crippen LogP contribution in [-0.2, 0) is 0 Å². The number of hydrogen-bond acceptors (Lipinski definition) is 6.